The number of nitrogens with one attached hydrogen (secondary N) is 1. The van der Waals surface area contributed by atoms with Crippen LogP contribution in [0.1, 0.15) is 30.9 Å². The van der Waals surface area contributed by atoms with Crippen LogP contribution in [0.3, 0.4) is 0 Å². The highest BCUT2D eigenvalue weighted by Crippen LogP contribution is 2.30. The number of rotatable bonds is 4. The van der Waals surface area contributed by atoms with Crippen molar-refractivity contribution in [3.8, 4) is 0 Å². The molecule has 26 heavy (non-hydrogen) atoms. The third-order valence-corrected chi connectivity index (χ3v) is 4.99. The van der Waals surface area contributed by atoms with Gasteiger partial charge in [-0.15, -0.1) is 0 Å². The number of anilines is 1. The first-order valence-corrected chi connectivity index (χ1v) is 8.79. The van der Waals surface area contributed by atoms with Crippen molar-refractivity contribution in [2.75, 3.05) is 18.4 Å². The highest BCUT2D eigenvalue weighted by Gasteiger charge is 2.37. The van der Waals surface area contributed by atoms with Gasteiger partial charge in [-0.05, 0) is 19.3 Å². The molecule has 3 heterocycles. The van der Waals surface area contributed by atoms with Gasteiger partial charge in [-0.25, -0.2) is 19.3 Å². The maximum Gasteiger partial charge on any atom is 0.246 e. The van der Waals surface area contributed by atoms with Crippen molar-refractivity contribution in [1.82, 2.24) is 24.4 Å². The van der Waals surface area contributed by atoms with Crippen molar-refractivity contribution in [2.24, 2.45) is 7.05 Å². The normalized spacial score (nSPS) is 22.2. The van der Waals surface area contributed by atoms with Gasteiger partial charge in [0.05, 0.1) is 30.5 Å². The number of halogens is 1. The molecule has 0 bridgehead atoms. The average molecular weight is 356 g/mol. The predicted octanol–water partition coefficient (Wildman–Crippen LogP) is 1.87. The van der Waals surface area contributed by atoms with E-state index in [0.29, 0.717) is 19.0 Å². The molecule has 1 aliphatic carbocycles. The van der Waals surface area contributed by atoms with Crippen molar-refractivity contribution in [3.63, 3.8) is 0 Å². The zero-order chi connectivity index (χ0) is 18.1. The maximum absolute atomic E-state index is 13.0. The van der Waals surface area contributed by atoms with E-state index >= 15 is 0 Å². The second-order valence-electron chi connectivity index (χ2n) is 6.95. The molecule has 8 heteroatoms. The van der Waals surface area contributed by atoms with Crippen LogP contribution in [0.4, 0.5) is 10.3 Å². The van der Waals surface area contributed by atoms with Gasteiger partial charge in [0, 0.05) is 38.3 Å². The molecule has 2 aliphatic rings. The minimum Gasteiger partial charge on any atom is -0.349 e. The topological polar surface area (TPSA) is 75.9 Å². The molecule has 7 nitrogen and oxygen atoms in total. The van der Waals surface area contributed by atoms with Crippen molar-refractivity contribution in [1.29, 1.82) is 0 Å². The molecule has 1 saturated carbocycles. The number of aromatic nitrogens is 4. The number of amides is 1. The Bertz CT molecular complexity index is 824. The minimum atomic E-state index is -0.479. The number of carbonyl (C=O) groups excluding carboxylic acids is 1. The summed E-state index contributed by atoms with van der Waals surface area (Å²) in [5.74, 6) is -0.0605. The molecule has 2 aromatic rings. The zero-order valence-corrected chi connectivity index (χ0v) is 14.6. The van der Waals surface area contributed by atoms with E-state index in [-0.39, 0.29) is 17.9 Å². The molecule has 0 aromatic carbocycles. The fourth-order valence-corrected chi connectivity index (χ4v) is 3.40. The first-order chi connectivity index (χ1) is 12.6. The molecule has 2 aromatic heterocycles. The van der Waals surface area contributed by atoms with Gasteiger partial charge in [-0.1, -0.05) is 5.57 Å². The van der Waals surface area contributed by atoms with Gasteiger partial charge < -0.3 is 14.8 Å². The van der Waals surface area contributed by atoms with E-state index in [9.17, 15) is 9.18 Å². The standard InChI is InChI=1S/C18H21FN6O/c1-24-9-15(22-11-24)14-8-25(17(26)5-12-3-2-4-12)10-16(14)23-18-20-6-13(19)7-21-18/h5-7,9,11,14,16H,2-4,8,10H2,1H3,(H,20,21,23)/t14-,16+/m0/s1. The molecule has 1 saturated heterocycles. The van der Waals surface area contributed by atoms with Gasteiger partial charge in [0.25, 0.3) is 0 Å². The van der Waals surface area contributed by atoms with Gasteiger partial charge in [0.15, 0.2) is 5.82 Å². The van der Waals surface area contributed by atoms with Gasteiger partial charge in [0.1, 0.15) is 0 Å². The summed E-state index contributed by atoms with van der Waals surface area (Å²) < 4.78 is 14.9. The summed E-state index contributed by atoms with van der Waals surface area (Å²) in [5, 5.41) is 3.24. The van der Waals surface area contributed by atoms with Crippen LogP contribution < -0.4 is 5.32 Å². The third-order valence-electron chi connectivity index (χ3n) is 4.99. The Morgan fingerprint density at radius 1 is 1.27 bits per heavy atom. The molecular formula is C18H21FN6O. The Morgan fingerprint density at radius 3 is 2.65 bits per heavy atom. The Kier molecular flexibility index (Phi) is 4.40. The molecule has 2 atom stereocenters. The lowest BCUT2D eigenvalue weighted by Gasteiger charge is -2.19. The number of hydrogen-bond donors (Lipinski definition) is 1. The Balaban J connectivity index is 1.54. The van der Waals surface area contributed by atoms with Crippen LogP contribution in [0.25, 0.3) is 0 Å². The summed E-state index contributed by atoms with van der Waals surface area (Å²) >= 11 is 0. The van der Waals surface area contributed by atoms with Crippen molar-refractivity contribution in [3.05, 3.63) is 48.1 Å². The fourth-order valence-electron chi connectivity index (χ4n) is 3.40. The Hall–Kier alpha value is -2.77. The van der Waals surface area contributed by atoms with Crippen LogP contribution in [-0.4, -0.2) is 49.5 Å². The van der Waals surface area contributed by atoms with Crippen molar-refractivity contribution < 1.29 is 9.18 Å². The lowest BCUT2D eigenvalue weighted by atomic mass is 9.92. The first kappa shape index (κ1) is 16.7. The van der Waals surface area contributed by atoms with Gasteiger partial charge in [-0.2, -0.15) is 0 Å². The van der Waals surface area contributed by atoms with E-state index < -0.39 is 5.82 Å². The number of hydrogen-bond acceptors (Lipinski definition) is 5. The van der Waals surface area contributed by atoms with Crippen molar-refractivity contribution in [2.45, 2.75) is 31.2 Å². The van der Waals surface area contributed by atoms with E-state index in [1.54, 1.807) is 12.4 Å². The van der Waals surface area contributed by atoms with Crippen LogP contribution in [0.2, 0.25) is 0 Å². The number of aryl methyl sites for hydroxylation is 1. The van der Waals surface area contributed by atoms with Crippen LogP contribution in [0.15, 0.2) is 36.6 Å². The zero-order valence-electron chi connectivity index (χ0n) is 14.6. The molecule has 1 aliphatic heterocycles. The summed E-state index contributed by atoms with van der Waals surface area (Å²) in [6.45, 7) is 1.11. The second-order valence-corrected chi connectivity index (χ2v) is 6.95. The number of allylic oxidation sites excluding steroid dienone is 1. The molecule has 1 N–H and O–H groups in total. The highest BCUT2D eigenvalue weighted by molar-refractivity contribution is 5.89. The summed E-state index contributed by atoms with van der Waals surface area (Å²) in [6, 6.07) is -0.0842. The summed E-state index contributed by atoms with van der Waals surface area (Å²) in [6.07, 6.45) is 11.0. The highest BCUT2D eigenvalue weighted by atomic mass is 19.1. The summed E-state index contributed by atoms with van der Waals surface area (Å²) in [4.78, 5) is 26.8. The van der Waals surface area contributed by atoms with Gasteiger partial charge >= 0.3 is 0 Å². The molecule has 0 spiro atoms. The number of nitrogens with zero attached hydrogens (tertiary/aromatic N) is 5. The monoisotopic (exact) mass is 356 g/mol. The molecule has 0 unspecified atom stereocenters. The molecule has 2 fully saturated rings. The third kappa shape index (κ3) is 3.44. The second kappa shape index (κ2) is 6.86. The summed E-state index contributed by atoms with van der Waals surface area (Å²) in [5.41, 5.74) is 2.14. The van der Waals surface area contributed by atoms with Crippen molar-refractivity contribution >= 4 is 11.9 Å². The van der Waals surface area contributed by atoms with E-state index in [1.165, 1.54) is 12.0 Å². The van der Waals surface area contributed by atoms with E-state index in [0.717, 1.165) is 30.9 Å². The quantitative estimate of drug-likeness (QED) is 0.847. The van der Waals surface area contributed by atoms with Crippen LogP contribution in [0, 0.1) is 5.82 Å². The molecule has 0 radical (unpaired) electrons. The number of likely N-dealkylation sites (tertiary alicyclic amines) is 1. The smallest absolute Gasteiger partial charge is 0.246 e. The average Bonchev–Trinajstić information content (AvgIpc) is 3.19. The maximum atomic E-state index is 13.0. The van der Waals surface area contributed by atoms with Crippen LogP contribution >= 0.6 is 0 Å². The number of imidazole rings is 1. The van der Waals surface area contributed by atoms with Crippen LogP contribution in [0.5, 0.6) is 0 Å². The molecule has 4 rings (SSSR count). The molecule has 136 valence electrons. The van der Waals surface area contributed by atoms with Crippen LogP contribution in [-0.2, 0) is 11.8 Å². The van der Waals surface area contributed by atoms with E-state index in [1.807, 2.05) is 22.7 Å². The van der Waals surface area contributed by atoms with E-state index in [4.69, 9.17) is 0 Å². The number of carbonyl (C=O) groups is 1. The minimum absolute atomic E-state index is 0.0218. The summed E-state index contributed by atoms with van der Waals surface area (Å²) in [7, 11) is 1.92. The first-order valence-electron chi connectivity index (χ1n) is 8.79. The lowest BCUT2D eigenvalue weighted by Crippen LogP contribution is -2.31. The van der Waals surface area contributed by atoms with Gasteiger partial charge in [0.2, 0.25) is 11.9 Å². The molecule has 1 amide bonds. The molecular weight excluding hydrogens is 335 g/mol. The largest absolute Gasteiger partial charge is 0.349 e. The SMILES string of the molecule is Cn1cnc([C@@H]2CN(C(=O)C=C3CCC3)C[C@H]2Nc2ncc(F)cn2)c1. The Labute approximate surface area is 151 Å². The lowest BCUT2D eigenvalue weighted by molar-refractivity contribution is -0.125. The fraction of sp³-hybridized carbons (Fsp3) is 0.444. The Morgan fingerprint density at radius 2 is 2.04 bits per heavy atom. The van der Waals surface area contributed by atoms with Gasteiger partial charge in [-0.3, -0.25) is 4.79 Å². The van der Waals surface area contributed by atoms with E-state index in [2.05, 4.69) is 20.3 Å². The predicted molar refractivity (Wildman–Crippen MR) is 93.9 cm³/mol.